The second-order valence-electron chi connectivity index (χ2n) is 6.07. The Bertz CT molecular complexity index is 482. The van der Waals surface area contributed by atoms with Gasteiger partial charge in [0.25, 0.3) is 0 Å². The number of hydrogen-bond acceptors (Lipinski definition) is 3. The maximum absolute atomic E-state index is 12.2. The minimum Gasteiger partial charge on any atom is -0.399 e. The second kappa shape index (κ2) is 4.68. The van der Waals surface area contributed by atoms with E-state index in [2.05, 4.69) is 0 Å². The standard InChI is InChI=1S/C15H20N2O2/c1-15(2,3)17-13(18)8-11(9-14(17)19)10-4-6-12(16)7-5-10/h4-7,11H,8-9,16H2,1-3H3. The molecule has 0 aliphatic carbocycles. The maximum atomic E-state index is 12.2. The summed E-state index contributed by atoms with van der Waals surface area (Å²) in [6.07, 6.45) is 0.764. The first-order valence-electron chi connectivity index (χ1n) is 6.50. The van der Waals surface area contributed by atoms with Crippen LogP contribution in [0.25, 0.3) is 0 Å². The molecule has 1 aliphatic rings. The molecule has 1 aromatic rings. The van der Waals surface area contributed by atoms with Crippen LogP contribution in [0.5, 0.6) is 0 Å². The predicted octanol–water partition coefficient (Wildman–Crippen LogP) is 2.30. The lowest BCUT2D eigenvalue weighted by Crippen LogP contribution is -2.52. The molecule has 0 saturated carbocycles. The van der Waals surface area contributed by atoms with Crippen LogP contribution in [0.2, 0.25) is 0 Å². The predicted molar refractivity (Wildman–Crippen MR) is 74.4 cm³/mol. The number of nitrogens with zero attached hydrogens (tertiary/aromatic N) is 1. The monoisotopic (exact) mass is 260 g/mol. The van der Waals surface area contributed by atoms with Crippen molar-refractivity contribution in [2.24, 2.45) is 0 Å². The first kappa shape index (κ1) is 13.6. The zero-order valence-electron chi connectivity index (χ0n) is 11.6. The summed E-state index contributed by atoms with van der Waals surface area (Å²) in [4.78, 5) is 25.8. The van der Waals surface area contributed by atoms with Gasteiger partial charge in [0.05, 0.1) is 0 Å². The molecule has 1 aromatic carbocycles. The number of benzene rings is 1. The van der Waals surface area contributed by atoms with E-state index >= 15 is 0 Å². The number of carbonyl (C=O) groups excluding carboxylic acids is 2. The minimum absolute atomic E-state index is 0.0285. The van der Waals surface area contributed by atoms with Crippen LogP contribution in [0.3, 0.4) is 0 Å². The highest BCUT2D eigenvalue weighted by atomic mass is 16.2. The van der Waals surface area contributed by atoms with E-state index in [4.69, 9.17) is 5.73 Å². The third-order valence-electron chi connectivity index (χ3n) is 3.42. The van der Waals surface area contributed by atoms with Crippen molar-refractivity contribution in [3.05, 3.63) is 29.8 Å². The fraction of sp³-hybridized carbons (Fsp3) is 0.467. The molecule has 2 rings (SSSR count). The van der Waals surface area contributed by atoms with Crippen molar-refractivity contribution in [2.75, 3.05) is 5.73 Å². The molecule has 1 aliphatic heterocycles. The van der Waals surface area contributed by atoms with E-state index in [1.807, 2.05) is 32.9 Å². The van der Waals surface area contributed by atoms with Crippen LogP contribution in [0, 0.1) is 0 Å². The highest BCUT2D eigenvalue weighted by Gasteiger charge is 2.39. The molecule has 0 bridgehead atoms. The highest BCUT2D eigenvalue weighted by Crippen LogP contribution is 2.32. The molecule has 0 unspecified atom stereocenters. The number of imide groups is 1. The molecule has 4 nitrogen and oxygen atoms in total. The van der Waals surface area contributed by atoms with Crippen molar-refractivity contribution in [2.45, 2.75) is 45.1 Å². The van der Waals surface area contributed by atoms with Gasteiger partial charge in [-0.2, -0.15) is 0 Å². The van der Waals surface area contributed by atoms with Crippen LogP contribution < -0.4 is 5.73 Å². The highest BCUT2D eigenvalue weighted by molar-refractivity contribution is 5.99. The van der Waals surface area contributed by atoms with Crippen LogP contribution >= 0.6 is 0 Å². The van der Waals surface area contributed by atoms with E-state index in [-0.39, 0.29) is 17.7 Å². The van der Waals surface area contributed by atoms with Crippen molar-refractivity contribution in [1.29, 1.82) is 0 Å². The van der Waals surface area contributed by atoms with E-state index in [1.165, 1.54) is 4.90 Å². The summed E-state index contributed by atoms with van der Waals surface area (Å²) in [7, 11) is 0. The largest absolute Gasteiger partial charge is 0.399 e. The van der Waals surface area contributed by atoms with Crippen LogP contribution in [0.1, 0.15) is 45.1 Å². The third-order valence-corrected chi connectivity index (χ3v) is 3.42. The number of nitrogen functional groups attached to an aromatic ring is 1. The number of piperidine rings is 1. The summed E-state index contributed by atoms with van der Waals surface area (Å²) in [5, 5.41) is 0. The van der Waals surface area contributed by atoms with Crippen molar-refractivity contribution in [1.82, 2.24) is 4.90 Å². The van der Waals surface area contributed by atoms with Crippen molar-refractivity contribution >= 4 is 17.5 Å². The van der Waals surface area contributed by atoms with Gasteiger partial charge in [-0.15, -0.1) is 0 Å². The first-order chi connectivity index (χ1) is 8.79. The van der Waals surface area contributed by atoms with Gasteiger partial charge in [-0.3, -0.25) is 14.5 Å². The SMILES string of the molecule is CC(C)(C)N1C(=O)CC(c2ccc(N)cc2)CC1=O. The fourth-order valence-electron chi connectivity index (χ4n) is 2.57. The average Bonchev–Trinajstić information content (AvgIpc) is 2.26. The van der Waals surface area contributed by atoms with Gasteiger partial charge >= 0.3 is 0 Å². The molecule has 1 fully saturated rings. The summed E-state index contributed by atoms with van der Waals surface area (Å²) < 4.78 is 0. The molecule has 19 heavy (non-hydrogen) atoms. The summed E-state index contributed by atoms with van der Waals surface area (Å²) in [6.45, 7) is 5.64. The molecule has 0 aromatic heterocycles. The molecule has 0 spiro atoms. The Labute approximate surface area is 113 Å². The van der Waals surface area contributed by atoms with Gasteiger partial charge < -0.3 is 5.73 Å². The molecule has 2 amide bonds. The summed E-state index contributed by atoms with van der Waals surface area (Å²) in [5.74, 6) is -0.213. The van der Waals surface area contributed by atoms with E-state index in [1.54, 1.807) is 12.1 Å². The Morgan fingerprint density at radius 1 is 1.05 bits per heavy atom. The van der Waals surface area contributed by atoms with E-state index in [9.17, 15) is 9.59 Å². The topological polar surface area (TPSA) is 63.4 Å². The van der Waals surface area contributed by atoms with Crippen LogP contribution in [0.15, 0.2) is 24.3 Å². The van der Waals surface area contributed by atoms with E-state index in [0.29, 0.717) is 18.5 Å². The number of hydrogen-bond donors (Lipinski definition) is 1. The molecule has 4 heteroatoms. The Hall–Kier alpha value is -1.84. The number of amides is 2. The summed E-state index contributed by atoms with van der Waals surface area (Å²) in [5.41, 5.74) is 6.90. The molecular formula is C15H20N2O2. The van der Waals surface area contributed by atoms with Gasteiger partial charge in [0.15, 0.2) is 0 Å². The minimum atomic E-state index is -0.444. The van der Waals surface area contributed by atoms with E-state index < -0.39 is 5.54 Å². The lowest BCUT2D eigenvalue weighted by molar-refractivity contribution is -0.154. The quantitative estimate of drug-likeness (QED) is 0.622. The molecule has 102 valence electrons. The van der Waals surface area contributed by atoms with Crippen LogP contribution in [-0.4, -0.2) is 22.3 Å². The Balaban J connectivity index is 2.20. The zero-order chi connectivity index (χ0) is 14.2. The lowest BCUT2D eigenvalue weighted by Gasteiger charge is -2.39. The lowest BCUT2D eigenvalue weighted by atomic mass is 9.86. The molecule has 1 saturated heterocycles. The van der Waals surface area contributed by atoms with Gasteiger partial charge in [-0.25, -0.2) is 0 Å². The van der Waals surface area contributed by atoms with Crippen LogP contribution in [0.4, 0.5) is 5.69 Å². The molecule has 1 heterocycles. The van der Waals surface area contributed by atoms with Gasteiger partial charge in [-0.1, -0.05) is 12.1 Å². The Morgan fingerprint density at radius 3 is 1.95 bits per heavy atom. The third kappa shape index (κ3) is 2.78. The van der Waals surface area contributed by atoms with Gasteiger partial charge in [0, 0.05) is 30.0 Å². The summed E-state index contributed by atoms with van der Waals surface area (Å²) >= 11 is 0. The number of likely N-dealkylation sites (tertiary alicyclic amines) is 1. The van der Waals surface area contributed by atoms with Crippen molar-refractivity contribution in [3.8, 4) is 0 Å². The van der Waals surface area contributed by atoms with Crippen LogP contribution in [-0.2, 0) is 9.59 Å². The first-order valence-corrected chi connectivity index (χ1v) is 6.50. The molecule has 0 atom stereocenters. The smallest absolute Gasteiger partial charge is 0.230 e. The summed E-state index contributed by atoms with van der Waals surface area (Å²) in [6, 6.07) is 7.40. The normalized spacial score (nSPS) is 17.9. The second-order valence-corrected chi connectivity index (χ2v) is 6.07. The van der Waals surface area contributed by atoms with Gasteiger partial charge in [-0.05, 0) is 38.5 Å². The van der Waals surface area contributed by atoms with E-state index in [0.717, 1.165) is 5.56 Å². The Kier molecular flexibility index (Phi) is 3.35. The molecule has 2 N–H and O–H groups in total. The number of nitrogens with two attached hydrogens (primary N) is 1. The molecule has 0 radical (unpaired) electrons. The zero-order valence-corrected chi connectivity index (χ0v) is 11.6. The number of rotatable bonds is 1. The number of anilines is 1. The number of carbonyl (C=O) groups is 2. The maximum Gasteiger partial charge on any atom is 0.230 e. The van der Waals surface area contributed by atoms with Gasteiger partial charge in [0.1, 0.15) is 0 Å². The van der Waals surface area contributed by atoms with Gasteiger partial charge in [0.2, 0.25) is 11.8 Å². The average molecular weight is 260 g/mol. The van der Waals surface area contributed by atoms with Crippen molar-refractivity contribution in [3.63, 3.8) is 0 Å². The molecular weight excluding hydrogens is 240 g/mol. The fourth-order valence-corrected chi connectivity index (χ4v) is 2.57. The van der Waals surface area contributed by atoms with Crippen molar-refractivity contribution < 1.29 is 9.59 Å². The Morgan fingerprint density at radius 2 is 1.53 bits per heavy atom.